The van der Waals surface area contributed by atoms with Gasteiger partial charge in [-0.25, -0.2) is 0 Å². The fourth-order valence-corrected chi connectivity index (χ4v) is 3.15. The largest absolute Gasteiger partial charge is 0.494 e. The van der Waals surface area contributed by atoms with Gasteiger partial charge >= 0.3 is 5.97 Å². The van der Waals surface area contributed by atoms with E-state index in [0.717, 1.165) is 38.8 Å². The number of esters is 1. The summed E-state index contributed by atoms with van der Waals surface area (Å²) in [5, 5.41) is 13.6. The molecule has 1 N–H and O–H groups in total. The van der Waals surface area contributed by atoms with Crippen LogP contribution in [0, 0.1) is 10.1 Å². The zero-order chi connectivity index (χ0) is 19.8. The fourth-order valence-electron chi connectivity index (χ4n) is 3.15. The van der Waals surface area contributed by atoms with Gasteiger partial charge in [0.05, 0.1) is 37.3 Å². The predicted octanol–water partition coefficient (Wildman–Crippen LogP) is 2.35. The summed E-state index contributed by atoms with van der Waals surface area (Å²) >= 11 is 0. The van der Waals surface area contributed by atoms with E-state index < -0.39 is 16.9 Å². The van der Waals surface area contributed by atoms with E-state index in [1.54, 1.807) is 0 Å². The second-order valence-corrected chi connectivity index (χ2v) is 6.38. The Morgan fingerprint density at radius 1 is 1.22 bits per heavy atom. The number of nitrogens with one attached hydrogen (secondary N) is 1. The molecule has 1 atom stereocenters. The third-order valence-electron chi connectivity index (χ3n) is 4.63. The Kier molecular flexibility index (Phi) is 7.54. The number of hydrogen-bond acceptors (Lipinski definition) is 7. The van der Waals surface area contributed by atoms with E-state index in [0.29, 0.717) is 5.69 Å². The average molecular weight is 379 g/mol. The molecule has 1 aliphatic rings. The first kappa shape index (κ1) is 20.6. The highest BCUT2D eigenvalue weighted by molar-refractivity contribution is 5.98. The normalized spacial score (nSPS) is 16.1. The van der Waals surface area contributed by atoms with E-state index in [1.165, 1.54) is 32.4 Å². The molecule has 9 heteroatoms. The smallest absolute Gasteiger partial charge is 0.307 e. The Balaban J connectivity index is 2.21. The fraction of sp³-hybridized carbons (Fsp3) is 0.556. The van der Waals surface area contributed by atoms with Gasteiger partial charge in [-0.3, -0.25) is 24.6 Å². The Labute approximate surface area is 157 Å². The maximum atomic E-state index is 12.9. The van der Waals surface area contributed by atoms with E-state index in [2.05, 4.69) is 5.32 Å². The number of anilines is 1. The Hall–Kier alpha value is -2.68. The molecule has 1 saturated heterocycles. The van der Waals surface area contributed by atoms with Crippen LogP contribution in [-0.2, 0) is 14.3 Å². The summed E-state index contributed by atoms with van der Waals surface area (Å²) in [4.78, 5) is 37.1. The van der Waals surface area contributed by atoms with Crippen molar-refractivity contribution in [3.8, 4) is 5.75 Å². The van der Waals surface area contributed by atoms with Crippen LogP contribution in [0.25, 0.3) is 0 Å². The van der Waals surface area contributed by atoms with Crippen LogP contribution >= 0.6 is 0 Å². The second kappa shape index (κ2) is 9.86. The highest BCUT2D eigenvalue weighted by Crippen LogP contribution is 2.29. The van der Waals surface area contributed by atoms with Crippen molar-refractivity contribution < 1.29 is 24.0 Å². The van der Waals surface area contributed by atoms with E-state index >= 15 is 0 Å². The minimum absolute atomic E-state index is 0.0579. The number of benzene rings is 1. The molecule has 0 aliphatic carbocycles. The van der Waals surface area contributed by atoms with Gasteiger partial charge < -0.3 is 14.8 Å². The SMILES string of the molecule is COC(=O)CC(C(=O)Nc1ccc([N+](=O)[O-])cc1OC)N1CCCCCC1. The van der Waals surface area contributed by atoms with Crippen LogP contribution in [0.2, 0.25) is 0 Å². The van der Waals surface area contributed by atoms with Crippen LogP contribution in [-0.4, -0.2) is 55.1 Å². The molecule has 1 unspecified atom stereocenters. The maximum Gasteiger partial charge on any atom is 0.307 e. The molecule has 2 rings (SSSR count). The minimum Gasteiger partial charge on any atom is -0.494 e. The molecule has 1 heterocycles. The van der Waals surface area contributed by atoms with Gasteiger partial charge in [0.15, 0.2) is 0 Å². The van der Waals surface area contributed by atoms with Crippen LogP contribution in [0.3, 0.4) is 0 Å². The van der Waals surface area contributed by atoms with Gasteiger partial charge in [0.25, 0.3) is 5.69 Å². The number of likely N-dealkylation sites (tertiary alicyclic amines) is 1. The molecule has 1 amide bonds. The predicted molar refractivity (Wildman–Crippen MR) is 98.7 cm³/mol. The third-order valence-corrected chi connectivity index (χ3v) is 4.63. The Morgan fingerprint density at radius 3 is 2.44 bits per heavy atom. The highest BCUT2D eigenvalue weighted by atomic mass is 16.6. The van der Waals surface area contributed by atoms with Crippen LogP contribution in [0.15, 0.2) is 18.2 Å². The quantitative estimate of drug-likeness (QED) is 0.440. The standard InChI is InChI=1S/C18H25N3O6/c1-26-16-11-13(21(24)25)7-8-14(16)19-18(23)15(12-17(22)27-2)20-9-5-3-4-6-10-20/h7-8,11,15H,3-6,9-10,12H2,1-2H3,(H,19,23). The first-order valence-corrected chi connectivity index (χ1v) is 8.90. The van der Waals surface area contributed by atoms with Crippen molar-refractivity contribution in [3.05, 3.63) is 28.3 Å². The van der Waals surface area contributed by atoms with E-state index in [9.17, 15) is 19.7 Å². The third kappa shape index (κ3) is 5.65. The van der Waals surface area contributed by atoms with Crippen molar-refractivity contribution in [2.45, 2.75) is 38.1 Å². The summed E-state index contributed by atoms with van der Waals surface area (Å²) in [6.07, 6.45) is 4.06. The van der Waals surface area contributed by atoms with Crippen LogP contribution in [0.5, 0.6) is 5.75 Å². The molecule has 0 aromatic heterocycles. The lowest BCUT2D eigenvalue weighted by molar-refractivity contribution is -0.384. The van der Waals surface area contributed by atoms with Crippen LogP contribution in [0.4, 0.5) is 11.4 Å². The monoisotopic (exact) mass is 379 g/mol. The Morgan fingerprint density at radius 2 is 1.89 bits per heavy atom. The van der Waals surface area contributed by atoms with Gasteiger partial charge in [-0.2, -0.15) is 0 Å². The number of ether oxygens (including phenoxy) is 2. The van der Waals surface area contributed by atoms with Crippen molar-refractivity contribution in [1.82, 2.24) is 4.90 Å². The van der Waals surface area contributed by atoms with Gasteiger partial charge in [0.1, 0.15) is 11.8 Å². The molecule has 148 valence electrons. The van der Waals surface area contributed by atoms with Crippen LogP contribution < -0.4 is 10.1 Å². The highest BCUT2D eigenvalue weighted by Gasteiger charge is 2.30. The molecule has 0 bridgehead atoms. The zero-order valence-electron chi connectivity index (χ0n) is 15.6. The van der Waals surface area contributed by atoms with Gasteiger partial charge in [-0.15, -0.1) is 0 Å². The van der Waals surface area contributed by atoms with Crippen molar-refractivity contribution in [2.24, 2.45) is 0 Å². The first-order chi connectivity index (χ1) is 13.0. The van der Waals surface area contributed by atoms with Gasteiger partial charge in [0.2, 0.25) is 5.91 Å². The molecule has 27 heavy (non-hydrogen) atoms. The summed E-state index contributed by atoms with van der Waals surface area (Å²) in [5.41, 5.74) is 0.182. The number of nitrogens with zero attached hydrogens (tertiary/aromatic N) is 2. The topological polar surface area (TPSA) is 111 Å². The average Bonchev–Trinajstić information content (AvgIpc) is 2.95. The zero-order valence-corrected chi connectivity index (χ0v) is 15.6. The molecule has 0 spiro atoms. The Bertz CT molecular complexity index is 686. The van der Waals surface area contributed by atoms with Gasteiger partial charge in [-0.1, -0.05) is 12.8 Å². The molecule has 0 saturated carbocycles. The lowest BCUT2D eigenvalue weighted by atomic mass is 10.1. The number of nitro groups is 1. The van der Waals surface area contributed by atoms with E-state index in [-0.39, 0.29) is 23.8 Å². The summed E-state index contributed by atoms with van der Waals surface area (Å²) in [5.74, 6) is -0.644. The number of nitro benzene ring substituents is 1. The number of carbonyl (C=O) groups excluding carboxylic acids is 2. The molecule has 1 aromatic rings. The van der Waals surface area contributed by atoms with Gasteiger partial charge in [0, 0.05) is 6.07 Å². The second-order valence-electron chi connectivity index (χ2n) is 6.38. The minimum atomic E-state index is -0.671. The lowest BCUT2D eigenvalue weighted by Gasteiger charge is -2.29. The number of methoxy groups -OCH3 is 2. The summed E-state index contributed by atoms with van der Waals surface area (Å²) < 4.78 is 9.91. The molecule has 1 fully saturated rings. The number of amides is 1. The molecule has 9 nitrogen and oxygen atoms in total. The van der Waals surface area contributed by atoms with Crippen molar-refractivity contribution in [1.29, 1.82) is 0 Å². The number of non-ortho nitro benzene ring substituents is 1. The summed E-state index contributed by atoms with van der Waals surface area (Å²) in [6, 6.07) is 3.29. The van der Waals surface area contributed by atoms with Crippen LogP contribution in [0.1, 0.15) is 32.1 Å². The summed E-state index contributed by atoms with van der Waals surface area (Å²) in [6.45, 7) is 1.46. The molecule has 0 radical (unpaired) electrons. The van der Waals surface area contributed by atoms with E-state index in [4.69, 9.17) is 9.47 Å². The number of hydrogen-bond donors (Lipinski definition) is 1. The molecule has 1 aromatic carbocycles. The van der Waals surface area contributed by atoms with Crippen molar-refractivity contribution in [2.75, 3.05) is 32.6 Å². The summed E-state index contributed by atoms with van der Waals surface area (Å²) in [7, 11) is 2.66. The molecular formula is C18H25N3O6. The van der Waals surface area contributed by atoms with Crippen molar-refractivity contribution >= 4 is 23.3 Å². The lowest BCUT2D eigenvalue weighted by Crippen LogP contribution is -2.46. The first-order valence-electron chi connectivity index (χ1n) is 8.90. The molecular weight excluding hydrogens is 354 g/mol. The van der Waals surface area contributed by atoms with Gasteiger partial charge in [-0.05, 0) is 32.0 Å². The maximum absolute atomic E-state index is 12.9. The van der Waals surface area contributed by atoms with Crippen molar-refractivity contribution in [3.63, 3.8) is 0 Å². The number of carbonyl (C=O) groups is 2. The molecule has 1 aliphatic heterocycles. The van der Waals surface area contributed by atoms with E-state index in [1.807, 2.05) is 4.90 Å². The number of rotatable bonds is 7.